The number of amides is 2. The number of benzene rings is 1. The molecule has 2 fully saturated rings. The second-order valence-corrected chi connectivity index (χ2v) is 8.15. The molecule has 1 aliphatic carbocycles. The minimum absolute atomic E-state index is 0.0293. The molecule has 0 unspecified atom stereocenters. The van der Waals surface area contributed by atoms with Crippen LogP contribution in [0.3, 0.4) is 0 Å². The van der Waals surface area contributed by atoms with E-state index in [1.165, 1.54) is 0 Å². The van der Waals surface area contributed by atoms with Crippen molar-refractivity contribution in [2.24, 2.45) is 0 Å². The number of carbonyl (C=O) groups excluding carboxylic acids is 3. The monoisotopic (exact) mass is 402 g/mol. The van der Waals surface area contributed by atoms with E-state index in [9.17, 15) is 14.4 Å². The fourth-order valence-electron chi connectivity index (χ4n) is 4.33. The summed E-state index contributed by atoms with van der Waals surface area (Å²) in [5, 5.41) is 0.654. The lowest BCUT2D eigenvalue weighted by atomic mass is 10.0. The van der Waals surface area contributed by atoms with Gasteiger partial charge in [-0.15, -0.1) is 0 Å². The van der Waals surface area contributed by atoms with Gasteiger partial charge in [-0.05, 0) is 44.0 Å². The first kappa shape index (κ1) is 18.5. The number of hydrogen-bond donors (Lipinski definition) is 1. The number of carbonyl (C=O) groups is 3. The van der Waals surface area contributed by atoms with Gasteiger partial charge in [0.2, 0.25) is 0 Å². The first-order chi connectivity index (χ1) is 14.5. The average Bonchev–Trinajstić information content (AvgIpc) is 3.40. The Morgan fingerprint density at radius 1 is 1.03 bits per heavy atom. The van der Waals surface area contributed by atoms with Gasteiger partial charge in [-0.3, -0.25) is 14.4 Å². The molecule has 0 atom stereocenters. The Balaban J connectivity index is 1.36. The molecule has 3 heterocycles. The van der Waals surface area contributed by atoms with E-state index in [-0.39, 0.29) is 5.91 Å². The maximum Gasteiger partial charge on any atom is 0.295 e. The first-order valence-electron chi connectivity index (χ1n) is 10.1. The van der Waals surface area contributed by atoms with Crippen molar-refractivity contribution in [3.8, 4) is 0 Å². The number of hydrogen-bond acceptors (Lipinski definition) is 4. The normalized spacial score (nSPS) is 17.4. The number of aryl methyl sites for hydroxylation is 1. The predicted octanol–water partition coefficient (Wildman–Crippen LogP) is 2.57. The van der Waals surface area contributed by atoms with Crippen molar-refractivity contribution in [1.29, 1.82) is 0 Å². The van der Waals surface area contributed by atoms with Gasteiger partial charge >= 0.3 is 0 Å². The molecule has 2 amide bonds. The van der Waals surface area contributed by atoms with Crippen molar-refractivity contribution in [2.75, 3.05) is 19.6 Å². The number of fused-ring (bicyclic) bond motifs is 1. The fourth-order valence-corrected chi connectivity index (χ4v) is 4.33. The standard InChI is InChI=1S/C23H22N4O3/c1-15-7-8-17-18(13-24-20(17)25-15)19(28)22(30)27-12-11-26(14-23(27)9-10-23)21(29)16-5-3-2-4-6-16/h2-8,13H,9-12,14H2,1H3,(H,24,25). The van der Waals surface area contributed by atoms with Gasteiger partial charge in [0.25, 0.3) is 17.6 Å². The summed E-state index contributed by atoms with van der Waals surface area (Å²) in [4.78, 5) is 49.9. The van der Waals surface area contributed by atoms with E-state index in [1.54, 1.807) is 28.1 Å². The number of pyridine rings is 1. The van der Waals surface area contributed by atoms with Crippen LogP contribution in [0.25, 0.3) is 11.0 Å². The molecule has 1 saturated heterocycles. The van der Waals surface area contributed by atoms with E-state index in [2.05, 4.69) is 9.97 Å². The largest absolute Gasteiger partial charge is 0.345 e. The van der Waals surface area contributed by atoms with Gasteiger partial charge in [-0.25, -0.2) is 4.98 Å². The van der Waals surface area contributed by atoms with E-state index in [4.69, 9.17) is 0 Å². The van der Waals surface area contributed by atoms with Gasteiger partial charge in [0.15, 0.2) is 0 Å². The highest BCUT2D eigenvalue weighted by atomic mass is 16.2. The lowest BCUT2D eigenvalue weighted by molar-refractivity contribution is -0.131. The summed E-state index contributed by atoms with van der Waals surface area (Å²) in [6.07, 6.45) is 3.17. The van der Waals surface area contributed by atoms with Crippen molar-refractivity contribution < 1.29 is 14.4 Å². The van der Waals surface area contributed by atoms with Gasteiger partial charge in [0.1, 0.15) is 5.65 Å². The Hall–Kier alpha value is -3.48. The zero-order valence-corrected chi connectivity index (χ0v) is 16.7. The minimum Gasteiger partial charge on any atom is -0.345 e. The van der Waals surface area contributed by atoms with Gasteiger partial charge < -0.3 is 14.8 Å². The van der Waals surface area contributed by atoms with Crippen molar-refractivity contribution >= 4 is 28.6 Å². The first-order valence-corrected chi connectivity index (χ1v) is 10.1. The van der Waals surface area contributed by atoms with Crippen LogP contribution < -0.4 is 0 Å². The Morgan fingerprint density at radius 3 is 2.53 bits per heavy atom. The molecular formula is C23H22N4O3. The quantitative estimate of drug-likeness (QED) is 0.539. The molecule has 0 radical (unpaired) electrons. The van der Waals surface area contributed by atoms with Crippen LogP contribution in [-0.2, 0) is 4.79 Å². The molecule has 7 nitrogen and oxygen atoms in total. The highest BCUT2D eigenvalue weighted by molar-refractivity contribution is 6.45. The summed E-state index contributed by atoms with van der Waals surface area (Å²) in [6, 6.07) is 12.8. The maximum absolute atomic E-state index is 13.1. The highest BCUT2D eigenvalue weighted by Gasteiger charge is 2.55. The van der Waals surface area contributed by atoms with Crippen LogP contribution in [0.2, 0.25) is 0 Å². The minimum atomic E-state index is -0.527. The predicted molar refractivity (Wildman–Crippen MR) is 111 cm³/mol. The molecule has 2 aromatic heterocycles. The number of ketones is 1. The molecule has 1 aromatic carbocycles. The number of piperazine rings is 1. The number of nitrogens with one attached hydrogen (secondary N) is 1. The summed E-state index contributed by atoms with van der Waals surface area (Å²) in [5.74, 6) is -1.06. The molecular weight excluding hydrogens is 380 g/mol. The highest BCUT2D eigenvalue weighted by Crippen LogP contribution is 2.44. The van der Waals surface area contributed by atoms with Crippen molar-refractivity contribution in [3.05, 3.63) is 65.5 Å². The molecule has 2 aliphatic rings. The van der Waals surface area contributed by atoms with Gasteiger partial charge in [-0.1, -0.05) is 18.2 Å². The van der Waals surface area contributed by atoms with Crippen molar-refractivity contribution in [2.45, 2.75) is 25.3 Å². The maximum atomic E-state index is 13.1. The fraction of sp³-hybridized carbons (Fsp3) is 0.304. The molecule has 1 spiro atoms. The smallest absolute Gasteiger partial charge is 0.295 e. The van der Waals surface area contributed by atoms with Gasteiger partial charge in [0, 0.05) is 42.5 Å². The summed E-state index contributed by atoms with van der Waals surface area (Å²) >= 11 is 0. The van der Waals surface area contributed by atoms with Crippen LogP contribution in [0.1, 0.15) is 39.3 Å². The lowest BCUT2D eigenvalue weighted by Gasteiger charge is -2.41. The molecule has 5 rings (SSSR count). The number of rotatable bonds is 3. The van der Waals surface area contributed by atoms with E-state index < -0.39 is 17.2 Å². The van der Waals surface area contributed by atoms with Crippen LogP contribution in [-0.4, -0.2) is 62.5 Å². The molecule has 30 heavy (non-hydrogen) atoms. The van der Waals surface area contributed by atoms with Crippen LogP contribution >= 0.6 is 0 Å². The van der Waals surface area contributed by atoms with Gasteiger partial charge in [-0.2, -0.15) is 0 Å². The third kappa shape index (κ3) is 2.98. The topological polar surface area (TPSA) is 86.4 Å². The second kappa shape index (κ2) is 6.79. The Bertz CT molecular complexity index is 1160. The molecule has 152 valence electrons. The molecule has 1 aliphatic heterocycles. The number of H-pyrrole nitrogens is 1. The molecule has 0 bridgehead atoms. The summed E-state index contributed by atoms with van der Waals surface area (Å²) in [7, 11) is 0. The second-order valence-electron chi connectivity index (χ2n) is 8.15. The Labute approximate surface area is 173 Å². The molecule has 3 aromatic rings. The number of aromatic amines is 1. The average molecular weight is 402 g/mol. The van der Waals surface area contributed by atoms with E-state index in [0.29, 0.717) is 41.8 Å². The van der Waals surface area contributed by atoms with Crippen molar-refractivity contribution in [1.82, 2.24) is 19.8 Å². The third-order valence-corrected chi connectivity index (χ3v) is 6.15. The molecule has 1 saturated carbocycles. The SMILES string of the molecule is Cc1ccc2c(C(=O)C(=O)N3CCN(C(=O)c4ccccc4)CC34CC4)c[nH]c2n1. The summed E-state index contributed by atoms with van der Waals surface area (Å²) in [5.41, 5.74) is 2.01. The molecule has 1 N–H and O–H groups in total. The zero-order valence-electron chi connectivity index (χ0n) is 16.7. The molecule has 7 heteroatoms. The number of Topliss-reactive ketones (excluding diaryl/α,β-unsaturated/α-hetero) is 1. The third-order valence-electron chi connectivity index (χ3n) is 6.15. The van der Waals surface area contributed by atoms with Crippen LogP contribution in [0.15, 0.2) is 48.7 Å². The van der Waals surface area contributed by atoms with E-state index in [0.717, 1.165) is 18.5 Å². The van der Waals surface area contributed by atoms with Crippen molar-refractivity contribution in [3.63, 3.8) is 0 Å². The van der Waals surface area contributed by atoms with E-state index in [1.807, 2.05) is 37.3 Å². The Kier molecular flexibility index (Phi) is 4.20. The van der Waals surface area contributed by atoms with Gasteiger partial charge in [0.05, 0.1) is 11.1 Å². The van der Waals surface area contributed by atoms with E-state index >= 15 is 0 Å². The summed E-state index contributed by atoms with van der Waals surface area (Å²) in [6.45, 7) is 3.13. The van der Waals surface area contributed by atoms with Crippen LogP contribution in [0.5, 0.6) is 0 Å². The van der Waals surface area contributed by atoms with Crippen LogP contribution in [0, 0.1) is 6.92 Å². The number of aromatic nitrogens is 2. The number of nitrogens with zero attached hydrogens (tertiary/aromatic N) is 3. The van der Waals surface area contributed by atoms with Crippen LogP contribution in [0.4, 0.5) is 0 Å². The zero-order chi connectivity index (χ0) is 20.9. The summed E-state index contributed by atoms with van der Waals surface area (Å²) < 4.78 is 0. The Morgan fingerprint density at radius 2 is 1.80 bits per heavy atom. The lowest BCUT2D eigenvalue weighted by Crippen LogP contribution is -2.59.